The molecule has 0 fully saturated rings. The molecule has 90 valence electrons. The Balaban J connectivity index is 2.12. The van der Waals surface area contributed by atoms with E-state index in [1.807, 2.05) is 30.3 Å². The predicted octanol–water partition coefficient (Wildman–Crippen LogP) is 1.11. The Morgan fingerprint density at radius 2 is 1.94 bits per heavy atom. The van der Waals surface area contributed by atoms with Crippen molar-refractivity contribution in [1.82, 2.24) is 15.0 Å². The van der Waals surface area contributed by atoms with Crippen molar-refractivity contribution < 1.29 is 12.3 Å². The lowest BCUT2D eigenvalue weighted by Gasteiger charge is -1.97. The van der Waals surface area contributed by atoms with E-state index in [-0.39, 0.29) is 6.42 Å². The zero-order valence-corrected chi connectivity index (χ0v) is 9.64. The molecular weight excluding hydrogens is 245 g/mol. The van der Waals surface area contributed by atoms with Crippen molar-refractivity contribution in [2.75, 3.05) is 5.75 Å². The third-order valence-electron chi connectivity index (χ3n) is 2.16. The maximum atomic E-state index is 12.3. The second-order valence-corrected chi connectivity index (χ2v) is 4.97. The summed E-state index contributed by atoms with van der Waals surface area (Å²) in [6, 6.07) is 9.25. The fourth-order valence-electron chi connectivity index (χ4n) is 1.35. The Hall–Kier alpha value is -1.76. The van der Waals surface area contributed by atoms with Crippen LogP contribution in [0.3, 0.4) is 0 Å². The van der Waals surface area contributed by atoms with Crippen molar-refractivity contribution >= 4 is 10.2 Å². The maximum absolute atomic E-state index is 12.3. The molecule has 0 saturated heterocycles. The zero-order valence-electron chi connectivity index (χ0n) is 8.82. The van der Waals surface area contributed by atoms with E-state index in [2.05, 4.69) is 10.3 Å². The normalized spacial score (nSPS) is 11.6. The van der Waals surface area contributed by atoms with Gasteiger partial charge < -0.3 is 0 Å². The molecule has 0 atom stereocenters. The van der Waals surface area contributed by atoms with Gasteiger partial charge in [-0.25, -0.2) is 4.68 Å². The molecule has 2 rings (SSSR count). The number of benzene rings is 1. The molecule has 0 aliphatic rings. The monoisotopic (exact) mass is 255 g/mol. The lowest BCUT2D eigenvalue weighted by molar-refractivity contribution is 0.551. The SMILES string of the molecule is O=S(=O)(F)CCc1cn(-c2ccccc2)nn1. The van der Waals surface area contributed by atoms with E-state index in [0.717, 1.165) is 5.69 Å². The van der Waals surface area contributed by atoms with Crippen molar-refractivity contribution in [1.29, 1.82) is 0 Å². The predicted molar refractivity (Wildman–Crippen MR) is 60.0 cm³/mol. The molecule has 0 saturated carbocycles. The summed E-state index contributed by atoms with van der Waals surface area (Å²) in [6.07, 6.45) is 1.60. The van der Waals surface area contributed by atoms with Gasteiger partial charge in [-0.15, -0.1) is 8.98 Å². The smallest absolute Gasteiger partial charge is 0.220 e. The van der Waals surface area contributed by atoms with Gasteiger partial charge in [-0.1, -0.05) is 23.4 Å². The summed E-state index contributed by atoms with van der Waals surface area (Å²) in [4.78, 5) is 0. The number of hydrogen-bond donors (Lipinski definition) is 0. The fourth-order valence-corrected chi connectivity index (χ4v) is 1.80. The summed E-state index contributed by atoms with van der Waals surface area (Å²) in [5.74, 6) is -0.569. The first kappa shape index (κ1) is 11.7. The summed E-state index contributed by atoms with van der Waals surface area (Å²) in [5.41, 5.74) is 1.25. The molecule has 0 amide bonds. The van der Waals surface area contributed by atoms with Gasteiger partial charge >= 0.3 is 10.2 Å². The summed E-state index contributed by atoms with van der Waals surface area (Å²) >= 11 is 0. The topological polar surface area (TPSA) is 64.8 Å². The van der Waals surface area contributed by atoms with Crippen molar-refractivity contribution in [2.24, 2.45) is 0 Å². The van der Waals surface area contributed by atoms with Crippen LogP contribution in [0, 0.1) is 0 Å². The number of aromatic nitrogens is 3. The molecule has 0 unspecified atom stereocenters. The Morgan fingerprint density at radius 1 is 1.24 bits per heavy atom. The Labute approximate surface area is 98.1 Å². The van der Waals surface area contributed by atoms with Crippen LogP contribution in [0.4, 0.5) is 3.89 Å². The second-order valence-electron chi connectivity index (χ2n) is 3.48. The van der Waals surface area contributed by atoms with Gasteiger partial charge in [0.1, 0.15) is 0 Å². The molecule has 7 heteroatoms. The lowest BCUT2D eigenvalue weighted by atomic mass is 10.3. The molecular formula is C10H10FN3O2S. The lowest BCUT2D eigenvalue weighted by Crippen LogP contribution is -2.02. The van der Waals surface area contributed by atoms with Crippen LogP contribution in [0.5, 0.6) is 0 Å². The van der Waals surface area contributed by atoms with E-state index in [9.17, 15) is 12.3 Å². The number of halogens is 1. The van der Waals surface area contributed by atoms with E-state index in [1.165, 1.54) is 4.68 Å². The molecule has 1 heterocycles. The molecule has 0 spiro atoms. The van der Waals surface area contributed by atoms with Gasteiger partial charge in [-0.2, -0.15) is 8.42 Å². The minimum absolute atomic E-state index is 0.0195. The molecule has 0 aliphatic carbocycles. The standard InChI is InChI=1S/C10H10FN3O2S/c11-17(15,16)7-6-9-8-14(13-12-9)10-4-2-1-3-5-10/h1-5,8H,6-7H2. The first-order chi connectivity index (χ1) is 8.04. The van der Waals surface area contributed by atoms with E-state index in [0.29, 0.717) is 5.69 Å². The largest absolute Gasteiger partial charge is 0.302 e. The zero-order chi connectivity index (χ0) is 12.3. The van der Waals surface area contributed by atoms with Gasteiger partial charge in [0, 0.05) is 6.42 Å². The van der Waals surface area contributed by atoms with Crippen molar-refractivity contribution in [3.63, 3.8) is 0 Å². The van der Waals surface area contributed by atoms with Gasteiger partial charge in [-0.3, -0.25) is 0 Å². The number of aryl methyl sites for hydroxylation is 1. The number of nitrogens with zero attached hydrogens (tertiary/aromatic N) is 3. The molecule has 0 aliphatic heterocycles. The molecule has 2 aromatic rings. The molecule has 17 heavy (non-hydrogen) atoms. The number of rotatable bonds is 4. The van der Waals surface area contributed by atoms with Gasteiger partial charge in [0.05, 0.1) is 23.3 Å². The van der Waals surface area contributed by atoms with E-state index < -0.39 is 16.0 Å². The molecule has 1 aromatic heterocycles. The van der Waals surface area contributed by atoms with Gasteiger partial charge in [0.25, 0.3) is 0 Å². The first-order valence-electron chi connectivity index (χ1n) is 4.93. The average Bonchev–Trinajstić information content (AvgIpc) is 2.75. The number of para-hydroxylation sites is 1. The summed E-state index contributed by atoms with van der Waals surface area (Å²) in [5, 5.41) is 7.61. The van der Waals surface area contributed by atoms with Crippen LogP contribution >= 0.6 is 0 Å². The summed E-state index contributed by atoms with van der Waals surface area (Å²) < 4.78 is 34.6. The number of hydrogen-bond acceptors (Lipinski definition) is 4. The van der Waals surface area contributed by atoms with Crippen LogP contribution < -0.4 is 0 Å². The van der Waals surface area contributed by atoms with Crippen LogP contribution in [-0.4, -0.2) is 29.2 Å². The highest BCUT2D eigenvalue weighted by atomic mass is 32.3. The molecule has 5 nitrogen and oxygen atoms in total. The highest BCUT2D eigenvalue weighted by molar-refractivity contribution is 7.86. The Morgan fingerprint density at radius 3 is 2.59 bits per heavy atom. The van der Waals surface area contributed by atoms with Crippen LogP contribution in [0.1, 0.15) is 5.69 Å². The van der Waals surface area contributed by atoms with Crippen molar-refractivity contribution in [3.05, 3.63) is 42.2 Å². The van der Waals surface area contributed by atoms with E-state index in [4.69, 9.17) is 0 Å². The second kappa shape index (κ2) is 4.62. The first-order valence-corrected chi connectivity index (χ1v) is 6.49. The van der Waals surface area contributed by atoms with Gasteiger partial charge in [-0.05, 0) is 12.1 Å². The Kier molecular flexibility index (Phi) is 3.19. The average molecular weight is 255 g/mol. The minimum atomic E-state index is -4.45. The maximum Gasteiger partial charge on any atom is 0.302 e. The van der Waals surface area contributed by atoms with E-state index in [1.54, 1.807) is 6.20 Å². The highest BCUT2D eigenvalue weighted by Crippen LogP contribution is 2.06. The van der Waals surface area contributed by atoms with Crippen molar-refractivity contribution in [3.8, 4) is 5.69 Å². The van der Waals surface area contributed by atoms with Crippen LogP contribution in [0.25, 0.3) is 5.69 Å². The highest BCUT2D eigenvalue weighted by Gasteiger charge is 2.10. The summed E-state index contributed by atoms with van der Waals surface area (Å²) in [6.45, 7) is 0. The van der Waals surface area contributed by atoms with Crippen LogP contribution in [0.2, 0.25) is 0 Å². The fraction of sp³-hybridized carbons (Fsp3) is 0.200. The Bertz CT molecular complexity index is 595. The molecule has 0 radical (unpaired) electrons. The van der Waals surface area contributed by atoms with Gasteiger partial charge in [0.15, 0.2) is 0 Å². The van der Waals surface area contributed by atoms with Crippen LogP contribution in [0.15, 0.2) is 36.5 Å². The summed E-state index contributed by atoms with van der Waals surface area (Å²) in [7, 11) is -4.45. The van der Waals surface area contributed by atoms with Crippen LogP contribution in [-0.2, 0) is 16.6 Å². The van der Waals surface area contributed by atoms with Gasteiger partial charge in [0.2, 0.25) is 0 Å². The molecule has 0 bridgehead atoms. The van der Waals surface area contributed by atoms with E-state index >= 15 is 0 Å². The van der Waals surface area contributed by atoms with Crippen molar-refractivity contribution in [2.45, 2.75) is 6.42 Å². The molecule has 1 aromatic carbocycles. The minimum Gasteiger partial charge on any atom is -0.220 e. The third-order valence-corrected chi connectivity index (χ3v) is 2.86. The molecule has 0 N–H and O–H groups in total. The third kappa shape index (κ3) is 3.35. The quantitative estimate of drug-likeness (QED) is 0.768.